The first-order valence-corrected chi connectivity index (χ1v) is 9.74. The molecule has 138 valence electrons. The largest absolute Gasteiger partial charge is 0.351 e. The van der Waals surface area contributed by atoms with Crippen LogP contribution in [0.4, 0.5) is 5.95 Å². The number of nitriles is 1. The first-order valence-electron chi connectivity index (χ1n) is 9.74. The van der Waals surface area contributed by atoms with Gasteiger partial charge >= 0.3 is 0 Å². The second-order valence-corrected chi connectivity index (χ2v) is 7.05. The minimum atomic E-state index is -0.521. The van der Waals surface area contributed by atoms with Crippen LogP contribution in [0.25, 0.3) is 11.0 Å². The fraction of sp³-hybridized carbons (Fsp3) is 0.429. The summed E-state index contributed by atoms with van der Waals surface area (Å²) in [6, 6.07) is 12.6. The lowest BCUT2D eigenvalue weighted by molar-refractivity contribution is 0.460. The van der Waals surface area contributed by atoms with Gasteiger partial charge in [0.2, 0.25) is 5.95 Å². The minimum Gasteiger partial charge on any atom is -0.351 e. The molecule has 6 nitrogen and oxygen atoms in total. The summed E-state index contributed by atoms with van der Waals surface area (Å²) >= 11 is 0. The second kappa shape index (κ2) is 7.75. The standard InChI is InChI=1S/C21H24N6/c1-2-27-19-11-7-6-10-18(19)25-20(27)16(14-22)17-12-13-23-21(26-17)24-15-8-4-3-5-9-15/h6-7,10-13,15-16H,2-5,8-9H2,1H3,(H,23,24,26). The smallest absolute Gasteiger partial charge is 0.223 e. The molecule has 2 aromatic heterocycles. The van der Waals surface area contributed by atoms with E-state index in [-0.39, 0.29) is 0 Å². The number of imidazole rings is 1. The highest BCUT2D eigenvalue weighted by atomic mass is 15.1. The number of para-hydroxylation sites is 2. The maximum atomic E-state index is 9.91. The summed E-state index contributed by atoms with van der Waals surface area (Å²) in [5, 5.41) is 13.4. The van der Waals surface area contributed by atoms with Gasteiger partial charge in [-0.05, 0) is 38.0 Å². The van der Waals surface area contributed by atoms with Crippen LogP contribution in [-0.2, 0) is 6.54 Å². The molecule has 1 atom stereocenters. The van der Waals surface area contributed by atoms with Gasteiger partial charge in [-0.3, -0.25) is 0 Å². The number of hydrogen-bond donors (Lipinski definition) is 1. The molecule has 0 amide bonds. The van der Waals surface area contributed by atoms with Crippen LogP contribution in [0, 0.1) is 11.3 Å². The Hall–Kier alpha value is -2.94. The van der Waals surface area contributed by atoms with Crippen molar-refractivity contribution in [1.29, 1.82) is 5.26 Å². The Bertz CT molecular complexity index is 964. The van der Waals surface area contributed by atoms with Gasteiger partial charge in [0.15, 0.2) is 0 Å². The Labute approximate surface area is 159 Å². The first-order chi connectivity index (χ1) is 13.3. The molecule has 0 radical (unpaired) electrons. The molecule has 3 aromatic rings. The van der Waals surface area contributed by atoms with Crippen molar-refractivity contribution >= 4 is 17.0 Å². The van der Waals surface area contributed by atoms with E-state index in [4.69, 9.17) is 4.98 Å². The van der Waals surface area contributed by atoms with E-state index >= 15 is 0 Å². The summed E-state index contributed by atoms with van der Waals surface area (Å²) in [5.74, 6) is 0.828. The van der Waals surface area contributed by atoms with E-state index in [2.05, 4.69) is 32.8 Å². The Morgan fingerprint density at radius 3 is 2.78 bits per heavy atom. The molecule has 0 spiro atoms. The van der Waals surface area contributed by atoms with Gasteiger partial charge in [-0.15, -0.1) is 0 Å². The topological polar surface area (TPSA) is 79.4 Å². The molecule has 4 rings (SSSR count). The third-order valence-electron chi connectivity index (χ3n) is 5.30. The third-order valence-corrected chi connectivity index (χ3v) is 5.30. The van der Waals surface area contributed by atoms with Gasteiger partial charge in [-0.2, -0.15) is 5.26 Å². The predicted octanol–water partition coefficient (Wildman–Crippen LogP) is 4.25. The molecule has 0 saturated heterocycles. The number of benzene rings is 1. The first kappa shape index (κ1) is 17.5. The molecule has 1 N–H and O–H groups in total. The summed E-state index contributed by atoms with van der Waals surface area (Å²) < 4.78 is 2.10. The van der Waals surface area contributed by atoms with Crippen molar-refractivity contribution in [3.63, 3.8) is 0 Å². The van der Waals surface area contributed by atoms with E-state index < -0.39 is 5.92 Å². The number of rotatable bonds is 5. The minimum absolute atomic E-state index is 0.426. The normalized spacial score (nSPS) is 16.1. The van der Waals surface area contributed by atoms with Gasteiger partial charge in [0, 0.05) is 18.8 Å². The monoisotopic (exact) mass is 360 g/mol. The SMILES string of the molecule is CCn1c(C(C#N)c2ccnc(NC3CCCCC3)n2)nc2ccccc21. The van der Waals surface area contributed by atoms with Gasteiger partial charge in [0.1, 0.15) is 11.7 Å². The molecule has 1 saturated carbocycles. The Kier molecular flexibility index (Phi) is 5.01. The fourth-order valence-corrected chi connectivity index (χ4v) is 3.94. The maximum absolute atomic E-state index is 9.91. The Morgan fingerprint density at radius 2 is 2.00 bits per heavy atom. The predicted molar refractivity (Wildman–Crippen MR) is 105 cm³/mol. The molecule has 1 aromatic carbocycles. The van der Waals surface area contributed by atoms with Crippen molar-refractivity contribution < 1.29 is 0 Å². The summed E-state index contributed by atoms with van der Waals surface area (Å²) in [4.78, 5) is 13.8. The van der Waals surface area contributed by atoms with E-state index in [9.17, 15) is 5.26 Å². The summed E-state index contributed by atoms with van der Waals surface area (Å²) in [6.45, 7) is 2.83. The van der Waals surface area contributed by atoms with E-state index in [1.165, 1.54) is 19.3 Å². The van der Waals surface area contributed by atoms with Crippen molar-refractivity contribution in [3.05, 3.63) is 48.0 Å². The second-order valence-electron chi connectivity index (χ2n) is 7.05. The zero-order valence-corrected chi connectivity index (χ0v) is 15.6. The van der Waals surface area contributed by atoms with E-state index in [0.717, 1.165) is 36.2 Å². The van der Waals surface area contributed by atoms with Crippen molar-refractivity contribution in [3.8, 4) is 6.07 Å². The molecular formula is C21H24N6. The average molecular weight is 360 g/mol. The van der Waals surface area contributed by atoms with Crippen molar-refractivity contribution in [2.75, 3.05) is 5.32 Å². The highest BCUT2D eigenvalue weighted by molar-refractivity contribution is 5.76. The van der Waals surface area contributed by atoms with E-state index in [1.807, 2.05) is 30.3 Å². The number of nitrogens with one attached hydrogen (secondary N) is 1. The summed E-state index contributed by atoms with van der Waals surface area (Å²) in [7, 11) is 0. The van der Waals surface area contributed by atoms with Crippen molar-refractivity contribution in [2.24, 2.45) is 0 Å². The van der Waals surface area contributed by atoms with Crippen LogP contribution in [0.5, 0.6) is 0 Å². The van der Waals surface area contributed by atoms with Crippen LogP contribution in [0.1, 0.15) is 56.5 Å². The number of aromatic nitrogens is 4. The van der Waals surface area contributed by atoms with E-state index in [0.29, 0.717) is 17.7 Å². The number of hydrogen-bond acceptors (Lipinski definition) is 5. The summed E-state index contributed by atoms with van der Waals surface area (Å²) in [5.41, 5.74) is 2.64. The Balaban J connectivity index is 1.67. The molecular weight excluding hydrogens is 336 g/mol. The lowest BCUT2D eigenvalue weighted by atomic mass is 9.96. The molecule has 27 heavy (non-hydrogen) atoms. The van der Waals surface area contributed by atoms with Crippen LogP contribution in [0.2, 0.25) is 0 Å². The number of fused-ring (bicyclic) bond motifs is 1. The van der Waals surface area contributed by atoms with Gasteiger partial charge in [-0.25, -0.2) is 15.0 Å². The zero-order valence-electron chi connectivity index (χ0n) is 15.6. The highest BCUT2D eigenvalue weighted by Crippen LogP contribution is 2.27. The zero-order chi connectivity index (χ0) is 18.6. The quantitative estimate of drug-likeness (QED) is 0.736. The molecule has 2 heterocycles. The van der Waals surface area contributed by atoms with Crippen LogP contribution in [0.3, 0.4) is 0 Å². The van der Waals surface area contributed by atoms with Gasteiger partial charge < -0.3 is 9.88 Å². The lowest BCUT2D eigenvalue weighted by Crippen LogP contribution is -2.24. The van der Waals surface area contributed by atoms with Crippen LogP contribution in [-0.4, -0.2) is 25.6 Å². The van der Waals surface area contributed by atoms with Crippen LogP contribution in [0.15, 0.2) is 36.5 Å². The van der Waals surface area contributed by atoms with Crippen molar-refractivity contribution in [1.82, 2.24) is 19.5 Å². The van der Waals surface area contributed by atoms with Crippen molar-refractivity contribution in [2.45, 2.75) is 57.5 Å². The van der Waals surface area contributed by atoms with Crippen LogP contribution >= 0.6 is 0 Å². The van der Waals surface area contributed by atoms with Crippen LogP contribution < -0.4 is 5.32 Å². The van der Waals surface area contributed by atoms with Gasteiger partial charge in [-0.1, -0.05) is 31.4 Å². The maximum Gasteiger partial charge on any atom is 0.223 e. The summed E-state index contributed by atoms with van der Waals surface area (Å²) in [6.07, 6.45) is 7.85. The average Bonchev–Trinajstić information content (AvgIpc) is 3.08. The molecule has 1 unspecified atom stereocenters. The fourth-order valence-electron chi connectivity index (χ4n) is 3.94. The molecule has 1 aliphatic rings. The molecule has 1 fully saturated rings. The molecule has 0 aliphatic heterocycles. The highest BCUT2D eigenvalue weighted by Gasteiger charge is 2.23. The number of anilines is 1. The lowest BCUT2D eigenvalue weighted by Gasteiger charge is -2.23. The van der Waals surface area contributed by atoms with Gasteiger partial charge in [0.25, 0.3) is 0 Å². The molecule has 6 heteroatoms. The van der Waals surface area contributed by atoms with E-state index in [1.54, 1.807) is 6.20 Å². The Morgan fingerprint density at radius 1 is 1.19 bits per heavy atom. The third kappa shape index (κ3) is 3.50. The molecule has 0 bridgehead atoms. The number of aryl methyl sites for hydroxylation is 1. The van der Waals surface area contributed by atoms with Gasteiger partial charge in [0.05, 0.1) is 22.8 Å². The number of nitrogens with zero attached hydrogens (tertiary/aromatic N) is 5. The molecule has 1 aliphatic carbocycles.